The standard InChI is InChI=1S/C16H19FN4O/c17-15-9-13(21-6-1-2-7-21)3-4-14(15)16(22)19-12-5-8-20(10-12)11-18/h3-4,9,12H,1-2,5-8,10H2,(H,19,22). The first-order valence-electron chi connectivity index (χ1n) is 7.67. The molecule has 22 heavy (non-hydrogen) atoms. The summed E-state index contributed by atoms with van der Waals surface area (Å²) in [6.07, 6.45) is 5.03. The van der Waals surface area contributed by atoms with Crippen LogP contribution in [0.15, 0.2) is 18.2 Å². The number of rotatable bonds is 3. The van der Waals surface area contributed by atoms with Gasteiger partial charge in [-0.15, -0.1) is 0 Å². The normalized spacial score (nSPS) is 21.0. The molecule has 3 rings (SSSR count). The molecule has 1 N–H and O–H groups in total. The monoisotopic (exact) mass is 302 g/mol. The van der Waals surface area contributed by atoms with Crippen LogP contribution < -0.4 is 10.2 Å². The summed E-state index contributed by atoms with van der Waals surface area (Å²) in [6.45, 7) is 3.02. The van der Waals surface area contributed by atoms with Crippen molar-refractivity contribution in [2.45, 2.75) is 25.3 Å². The third kappa shape index (κ3) is 2.98. The molecule has 2 fully saturated rings. The van der Waals surface area contributed by atoms with Crippen LogP contribution in [0.3, 0.4) is 0 Å². The molecule has 1 aromatic rings. The fraction of sp³-hybridized carbons (Fsp3) is 0.500. The van der Waals surface area contributed by atoms with Gasteiger partial charge >= 0.3 is 0 Å². The number of likely N-dealkylation sites (tertiary alicyclic amines) is 1. The second-order valence-electron chi connectivity index (χ2n) is 5.86. The van der Waals surface area contributed by atoms with E-state index in [2.05, 4.69) is 16.4 Å². The Balaban J connectivity index is 1.66. The fourth-order valence-electron chi connectivity index (χ4n) is 3.09. The zero-order valence-electron chi connectivity index (χ0n) is 12.4. The number of anilines is 1. The van der Waals surface area contributed by atoms with E-state index >= 15 is 0 Å². The Morgan fingerprint density at radius 1 is 1.32 bits per heavy atom. The Hall–Kier alpha value is -2.29. The number of nitrogens with one attached hydrogen (secondary N) is 1. The van der Waals surface area contributed by atoms with Crippen LogP contribution in [0.1, 0.15) is 29.6 Å². The summed E-state index contributed by atoms with van der Waals surface area (Å²) in [7, 11) is 0. The highest BCUT2D eigenvalue weighted by atomic mass is 19.1. The van der Waals surface area contributed by atoms with Crippen molar-refractivity contribution in [1.29, 1.82) is 5.26 Å². The quantitative estimate of drug-likeness (QED) is 0.864. The molecule has 2 heterocycles. The van der Waals surface area contributed by atoms with Gasteiger partial charge in [-0.05, 0) is 37.5 Å². The lowest BCUT2D eigenvalue weighted by Gasteiger charge is -2.18. The van der Waals surface area contributed by atoms with E-state index in [0.29, 0.717) is 19.5 Å². The van der Waals surface area contributed by atoms with Gasteiger partial charge in [-0.2, -0.15) is 5.26 Å². The average molecular weight is 302 g/mol. The zero-order chi connectivity index (χ0) is 15.5. The fourth-order valence-corrected chi connectivity index (χ4v) is 3.09. The lowest BCUT2D eigenvalue weighted by molar-refractivity contribution is 0.0935. The molecule has 1 amide bonds. The van der Waals surface area contributed by atoms with Gasteiger partial charge in [0.25, 0.3) is 5.91 Å². The van der Waals surface area contributed by atoms with Gasteiger partial charge in [-0.25, -0.2) is 4.39 Å². The molecule has 1 atom stereocenters. The highest BCUT2D eigenvalue weighted by Crippen LogP contribution is 2.23. The summed E-state index contributed by atoms with van der Waals surface area (Å²) >= 11 is 0. The maximum Gasteiger partial charge on any atom is 0.254 e. The molecule has 2 aliphatic rings. The Kier molecular flexibility index (Phi) is 4.14. The Labute approximate surface area is 129 Å². The van der Waals surface area contributed by atoms with Gasteiger partial charge in [0.1, 0.15) is 5.82 Å². The lowest BCUT2D eigenvalue weighted by Crippen LogP contribution is -2.36. The molecule has 0 radical (unpaired) electrons. The smallest absolute Gasteiger partial charge is 0.254 e. The molecule has 1 unspecified atom stereocenters. The van der Waals surface area contributed by atoms with Crippen molar-refractivity contribution in [1.82, 2.24) is 10.2 Å². The van der Waals surface area contributed by atoms with Gasteiger partial charge < -0.3 is 15.1 Å². The van der Waals surface area contributed by atoms with Gasteiger partial charge in [0.05, 0.1) is 5.56 Å². The Morgan fingerprint density at radius 2 is 2.09 bits per heavy atom. The van der Waals surface area contributed by atoms with Crippen LogP contribution in [0.25, 0.3) is 0 Å². The number of nitriles is 1. The molecule has 6 heteroatoms. The largest absolute Gasteiger partial charge is 0.371 e. The Morgan fingerprint density at radius 3 is 2.73 bits per heavy atom. The second-order valence-corrected chi connectivity index (χ2v) is 5.86. The topological polar surface area (TPSA) is 59.4 Å². The van der Waals surface area contributed by atoms with E-state index in [1.54, 1.807) is 17.0 Å². The molecule has 2 aliphatic heterocycles. The second kappa shape index (κ2) is 6.22. The number of nitrogens with zero attached hydrogens (tertiary/aromatic N) is 3. The Bertz CT molecular complexity index is 607. The maximum atomic E-state index is 14.2. The summed E-state index contributed by atoms with van der Waals surface area (Å²) in [4.78, 5) is 15.9. The number of carbonyl (C=O) groups is 1. The van der Waals surface area contributed by atoms with E-state index in [1.807, 2.05) is 0 Å². The summed E-state index contributed by atoms with van der Waals surface area (Å²) in [5.41, 5.74) is 0.904. The molecule has 0 aromatic heterocycles. The minimum Gasteiger partial charge on any atom is -0.371 e. The van der Waals surface area contributed by atoms with E-state index in [4.69, 9.17) is 5.26 Å². The van der Waals surface area contributed by atoms with Crippen LogP contribution in [-0.4, -0.2) is 43.0 Å². The van der Waals surface area contributed by atoms with Gasteiger partial charge in [0.2, 0.25) is 0 Å². The van der Waals surface area contributed by atoms with Gasteiger partial charge in [-0.3, -0.25) is 4.79 Å². The molecule has 0 saturated carbocycles. The minimum atomic E-state index is -0.489. The first kappa shape index (κ1) is 14.6. The first-order valence-corrected chi connectivity index (χ1v) is 7.67. The van der Waals surface area contributed by atoms with Gasteiger partial charge in [-0.1, -0.05) is 0 Å². The predicted molar refractivity (Wildman–Crippen MR) is 80.9 cm³/mol. The SMILES string of the molecule is N#CN1CCC(NC(=O)c2ccc(N3CCCC3)cc2F)C1. The molecule has 2 saturated heterocycles. The van der Waals surface area contributed by atoms with Crippen molar-refractivity contribution in [3.8, 4) is 6.19 Å². The van der Waals surface area contributed by atoms with E-state index in [1.165, 1.54) is 6.07 Å². The maximum absolute atomic E-state index is 14.2. The third-order valence-electron chi connectivity index (χ3n) is 4.33. The van der Waals surface area contributed by atoms with Crippen molar-refractivity contribution < 1.29 is 9.18 Å². The van der Waals surface area contributed by atoms with Gasteiger partial charge in [0.15, 0.2) is 6.19 Å². The minimum absolute atomic E-state index is 0.0679. The molecular weight excluding hydrogens is 283 g/mol. The molecule has 0 bridgehead atoms. The van der Waals surface area contributed by atoms with E-state index in [9.17, 15) is 9.18 Å². The molecule has 116 valence electrons. The van der Waals surface area contributed by atoms with Crippen LogP contribution in [0, 0.1) is 17.3 Å². The molecule has 0 aliphatic carbocycles. The first-order chi connectivity index (χ1) is 10.7. The van der Waals surface area contributed by atoms with Crippen molar-refractivity contribution in [2.24, 2.45) is 0 Å². The van der Waals surface area contributed by atoms with Crippen molar-refractivity contribution >= 4 is 11.6 Å². The van der Waals surface area contributed by atoms with Crippen LogP contribution in [0.2, 0.25) is 0 Å². The predicted octanol–water partition coefficient (Wildman–Crippen LogP) is 1.71. The van der Waals surface area contributed by atoms with Gasteiger partial charge in [0, 0.05) is 37.9 Å². The summed E-state index contributed by atoms with van der Waals surface area (Å²) in [5, 5.41) is 11.6. The molecule has 0 spiro atoms. The summed E-state index contributed by atoms with van der Waals surface area (Å²) in [6, 6.07) is 4.70. The van der Waals surface area contributed by atoms with Crippen LogP contribution in [-0.2, 0) is 0 Å². The number of hydrogen-bond acceptors (Lipinski definition) is 4. The third-order valence-corrected chi connectivity index (χ3v) is 4.33. The van der Waals surface area contributed by atoms with E-state index < -0.39 is 11.7 Å². The number of hydrogen-bond donors (Lipinski definition) is 1. The van der Waals surface area contributed by atoms with Crippen molar-refractivity contribution in [3.05, 3.63) is 29.6 Å². The number of benzene rings is 1. The van der Waals surface area contributed by atoms with E-state index in [-0.39, 0.29) is 11.6 Å². The lowest BCUT2D eigenvalue weighted by atomic mass is 10.1. The van der Waals surface area contributed by atoms with Crippen molar-refractivity contribution in [2.75, 3.05) is 31.1 Å². The highest BCUT2D eigenvalue weighted by molar-refractivity contribution is 5.95. The average Bonchev–Trinajstić information content (AvgIpc) is 3.18. The molecular formula is C16H19FN4O. The van der Waals surface area contributed by atoms with Crippen LogP contribution in [0.4, 0.5) is 10.1 Å². The summed E-state index contributed by atoms with van der Waals surface area (Å²) in [5.74, 6) is -0.896. The molecule has 5 nitrogen and oxygen atoms in total. The van der Waals surface area contributed by atoms with Crippen molar-refractivity contribution in [3.63, 3.8) is 0 Å². The zero-order valence-corrected chi connectivity index (χ0v) is 12.4. The summed E-state index contributed by atoms with van der Waals surface area (Å²) < 4.78 is 14.2. The number of carbonyl (C=O) groups excluding carboxylic acids is 1. The van der Waals surface area contributed by atoms with E-state index in [0.717, 1.165) is 31.6 Å². The molecule has 1 aromatic carbocycles. The highest BCUT2D eigenvalue weighted by Gasteiger charge is 2.24. The number of amides is 1. The number of halogens is 1. The van der Waals surface area contributed by atoms with Crippen LogP contribution in [0.5, 0.6) is 0 Å². The van der Waals surface area contributed by atoms with Crippen LogP contribution >= 0.6 is 0 Å².